The van der Waals surface area contributed by atoms with E-state index in [1.54, 1.807) is 0 Å². The van der Waals surface area contributed by atoms with Gasteiger partial charge in [-0.1, -0.05) is 38.5 Å². The summed E-state index contributed by atoms with van der Waals surface area (Å²) in [7, 11) is -2.94. The molecular formula is C16H30O3S. The van der Waals surface area contributed by atoms with Crippen LogP contribution < -0.4 is 0 Å². The van der Waals surface area contributed by atoms with E-state index in [-0.39, 0.29) is 17.3 Å². The molecule has 0 aromatic heterocycles. The molecule has 0 saturated heterocycles. The molecule has 2 aliphatic rings. The molecule has 0 bridgehead atoms. The lowest BCUT2D eigenvalue weighted by atomic mass is 9.80. The number of sulfone groups is 1. The zero-order chi connectivity index (χ0) is 14.6. The van der Waals surface area contributed by atoms with Crippen molar-refractivity contribution in [2.45, 2.75) is 82.0 Å². The van der Waals surface area contributed by atoms with Crippen molar-refractivity contribution >= 4 is 9.84 Å². The van der Waals surface area contributed by atoms with Crippen molar-refractivity contribution in [2.75, 3.05) is 6.26 Å². The van der Waals surface area contributed by atoms with Crippen LogP contribution in [-0.2, 0) is 9.84 Å². The fraction of sp³-hybridized carbons (Fsp3) is 1.00. The van der Waals surface area contributed by atoms with E-state index in [4.69, 9.17) is 0 Å². The van der Waals surface area contributed by atoms with Crippen molar-refractivity contribution in [3.63, 3.8) is 0 Å². The molecule has 2 fully saturated rings. The molecule has 0 spiro atoms. The predicted molar refractivity (Wildman–Crippen MR) is 82.4 cm³/mol. The zero-order valence-electron chi connectivity index (χ0n) is 12.8. The maximum Gasteiger partial charge on any atom is 0.150 e. The van der Waals surface area contributed by atoms with E-state index in [9.17, 15) is 13.5 Å². The fourth-order valence-electron chi connectivity index (χ4n) is 4.04. The highest BCUT2D eigenvalue weighted by Crippen LogP contribution is 2.34. The smallest absolute Gasteiger partial charge is 0.150 e. The minimum absolute atomic E-state index is 0.201. The number of aliphatic hydroxyl groups excluding tert-OH is 1. The van der Waals surface area contributed by atoms with Gasteiger partial charge in [0.25, 0.3) is 0 Å². The van der Waals surface area contributed by atoms with Crippen LogP contribution >= 0.6 is 0 Å². The van der Waals surface area contributed by atoms with Crippen molar-refractivity contribution in [1.29, 1.82) is 0 Å². The Bertz CT molecular complexity index is 385. The van der Waals surface area contributed by atoms with Crippen LogP contribution in [0.3, 0.4) is 0 Å². The van der Waals surface area contributed by atoms with E-state index in [1.165, 1.54) is 38.4 Å². The minimum atomic E-state index is -2.94. The second kappa shape index (κ2) is 7.26. The highest BCUT2D eigenvalue weighted by Gasteiger charge is 2.32. The van der Waals surface area contributed by atoms with Crippen LogP contribution in [-0.4, -0.2) is 31.1 Å². The summed E-state index contributed by atoms with van der Waals surface area (Å²) < 4.78 is 23.4. The molecule has 118 valence electrons. The van der Waals surface area contributed by atoms with E-state index in [1.807, 2.05) is 0 Å². The highest BCUT2D eigenvalue weighted by atomic mass is 32.2. The van der Waals surface area contributed by atoms with Gasteiger partial charge in [0.2, 0.25) is 0 Å². The first-order valence-electron chi connectivity index (χ1n) is 8.33. The number of hydrogen-bond acceptors (Lipinski definition) is 3. The molecule has 3 nitrogen and oxygen atoms in total. The van der Waals surface area contributed by atoms with Gasteiger partial charge in [-0.3, -0.25) is 0 Å². The topological polar surface area (TPSA) is 54.4 Å². The fourth-order valence-corrected chi connectivity index (χ4v) is 5.23. The number of hydrogen-bond donors (Lipinski definition) is 1. The van der Waals surface area contributed by atoms with Crippen LogP contribution in [0, 0.1) is 11.8 Å². The van der Waals surface area contributed by atoms with Crippen molar-refractivity contribution in [1.82, 2.24) is 0 Å². The van der Waals surface area contributed by atoms with E-state index in [0.717, 1.165) is 38.0 Å². The molecule has 0 aromatic rings. The lowest BCUT2D eigenvalue weighted by Crippen LogP contribution is -2.33. The van der Waals surface area contributed by atoms with Gasteiger partial charge in [-0.15, -0.1) is 0 Å². The molecule has 1 N–H and O–H groups in total. The minimum Gasteiger partial charge on any atom is -0.393 e. The van der Waals surface area contributed by atoms with Crippen molar-refractivity contribution < 1.29 is 13.5 Å². The summed E-state index contributed by atoms with van der Waals surface area (Å²) >= 11 is 0. The van der Waals surface area contributed by atoms with Crippen molar-refractivity contribution in [2.24, 2.45) is 11.8 Å². The molecule has 20 heavy (non-hydrogen) atoms. The van der Waals surface area contributed by atoms with Gasteiger partial charge < -0.3 is 5.11 Å². The molecule has 2 aliphatic carbocycles. The quantitative estimate of drug-likeness (QED) is 0.847. The van der Waals surface area contributed by atoms with Crippen LogP contribution in [0.25, 0.3) is 0 Å². The molecule has 2 saturated carbocycles. The molecule has 0 aromatic carbocycles. The second-order valence-corrected chi connectivity index (χ2v) is 9.35. The Morgan fingerprint density at radius 1 is 1.05 bits per heavy atom. The van der Waals surface area contributed by atoms with Gasteiger partial charge >= 0.3 is 0 Å². The number of aliphatic hydroxyl groups is 1. The molecule has 4 heteroatoms. The highest BCUT2D eigenvalue weighted by molar-refractivity contribution is 7.91. The lowest BCUT2D eigenvalue weighted by molar-refractivity contribution is 0.0699. The zero-order valence-corrected chi connectivity index (χ0v) is 13.6. The molecule has 0 aliphatic heterocycles. The second-order valence-electron chi connectivity index (χ2n) is 7.03. The predicted octanol–water partition coefficient (Wildman–Crippen LogP) is 3.31. The average molecular weight is 302 g/mol. The molecular weight excluding hydrogens is 272 g/mol. The summed E-state index contributed by atoms with van der Waals surface area (Å²) in [5.41, 5.74) is 0. The molecule has 3 atom stereocenters. The third kappa shape index (κ3) is 4.73. The maximum absolute atomic E-state index is 11.7. The van der Waals surface area contributed by atoms with Gasteiger partial charge in [0.15, 0.2) is 0 Å². The lowest BCUT2D eigenvalue weighted by Gasteiger charge is -2.32. The molecule has 2 rings (SSSR count). The van der Waals surface area contributed by atoms with Crippen molar-refractivity contribution in [3.05, 3.63) is 0 Å². The van der Waals surface area contributed by atoms with Crippen LogP contribution in [0.1, 0.15) is 70.6 Å². The van der Waals surface area contributed by atoms with E-state index >= 15 is 0 Å². The van der Waals surface area contributed by atoms with Crippen LogP contribution in [0.2, 0.25) is 0 Å². The van der Waals surface area contributed by atoms with Gasteiger partial charge in [0, 0.05) is 6.26 Å². The number of rotatable bonds is 5. The Kier molecular flexibility index (Phi) is 5.91. The maximum atomic E-state index is 11.7. The normalized spacial score (nSPS) is 31.1. The standard InChI is InChI=1S/C16H30O3S/c1-20(18,19)15-9-5-8-14(12-15)16(17)11-10-13-6-3-2-4-7-13/h13-17H,2-12H2,1H3. The summed E-state index contributed by atoms with van der Waals surface area (Å²) in [5, 5.41) is 10.2. The van der Waals surface area contributed by atoms with Gasteiger partial charge in [-0.25, -0.2) is 8.42 Å². The summed E-state index contributed by atoms with van der Waals surface area (Å²) in [4.78, 5) is 0. The average Bonchev–Trinajstić information content (AvgIpc) is 2.45. The molecule has 0 amide bonds. The first kappa shape index (κ1) is 16.3. The Balaban J connectivity index is 1.78. The summed E-state index contributed by atoms with van der Waals surface area (Å²) in [6.07, 6.45) is 13.2. The Morgan fingerprint density at radius 2 is 1.75 bits per heavy atom. The van der Waals surface area contributed by atoms with E-state index in [2.05, 4.69) is 0 Å². The Morgan fingerprint density at radius 3 is 2.40 bits per heavy atom. The van der Waals surface area contributed by atoms with Gasteiger partial charge in [-0.2, -0.15) is 0 Å². The summed E-state index contributed by atoms with van der Waals surface area (Å²) in [6, 6.07) is 0. The summed E-state index contributed by atoms with van der Waals surface area (Å²) in [5.74, 6) is 1.000. The first-order chi connectivity index (χ1) is 9.47. The third-order valence-electron chi connectivity index (χ3n) is 5.41. The van der Waals surface area contributed by atoms with E-state index < -0.39 is 9.84 Å². The van der Waals surface area contributed by atoms with Crippen LogP contribution in [0.4, 0.5) is 0 Å². The molecule has 0 heterocycles. The van der Waals surface area contributed by atoms with Gasteiger partial charge in [0.1, 0.15) is 9.84 Å². The van der Waals surface area contributed by atoms with Crippen LogP contribution in [0.15, 0.2) is 0 Å². The third-order valence-corrected chi connectivity index (χ3v) is 7.05. The molecule has 3 unspecified atom stereocenters. The summed E-state index contributed by atoms with van der Waals surface area (Å²) in [6.45, 7) is 0. The monoisotopic (exact) mass is 302 g/mol. The largest absolute Gasteiger partial charge is 0.393 e. The van der Waals surface area contributed by atoms with Gasteiger partial charge in [-0.05, 0) is 43.9 Å². The SMILES string of the molecule is CS(=O)(=O)C1CCCC(C(O)CCC2CCCCC2)C1. The van der Waals surface area contributed by atoms with Crippen molar-refractivity contribution in [3.8, 4) is 0 Å². The first-order valence-corrected chi connectivity index (χ1v) is 10.3. The van der Waals surface area contributed by atoms with E-state index in [0.29, 0.717) is 6.42 Å². The van der Waals surface area contributed by atoms with Crippen LogP contribution in [0.5, 0.6) is 0 Å². The molecule has 0 radical (unpaired) electrons. The van der Waals surface area contributed by atoms with Gasteiger partial charge in [0.05, 0.1) is 11.4 Å². The Hall–Kier alpha value is -0.0900. The Labute approximate surface area is 124 Å².